The van der Waals surface area contributed by atoms with Crippen molar-refractivity contribution in [3.05, 3.63) is 34.9 Å². The summed E-state index contributed by atoms with van der Waals surface area (Å²) >= 11 is 0. The van der Waals surface area contributed by atoms with Crippen LogP contribution in [0.4, 0.5) is 4.79 Å². The normalized spacial score (nSPS) is 13.9. The van der Waals surface area contributed by atoms with Gasteiger partial charge in [0.2, 0.25) is 11.8 Å². The van der Waals surface area contributed by atoms with Gasteiger partial charge in [-0.1, -0.05) is 39.0 Å². The number of alkyl carbamates (subject to hydrolysis) is 1. The summed E-state index contributed by atoms with van der Waals surface area (Å²) in [6.07, 6.45) is -0.0408. The third-order valence-electron chi connectivity index (χ3n) is 6.11. The molecule has 7 heteroatoms. The molecular weight excluding hydrogens is 442 g/mol. The van der Waals surface area contributed by atoms with E-state index in [0.717, 1.165) is 16.7 Å². The van der Waals surface area contributed by atoms with Gasteiger partial charge in [0.15, 0.2) is 0 Å². The lowest BCUT2D eigenvalue weighted by Crippen LogP contribution is -2.61. The van der Waals surface area contributed by atoms with Gasteiger partial charge in [-0.05, 0) is 91.3 Å². The van der Waals surface area contributed by atoms with Gasteiger partial charge in [-0.3, -0.25) is 9.59 Å². The molecule has 3 amide bonds. The lowest BCUT2D eigenvalue weighted by atomic mass is 9.87. The highest BCUT2D eigenvalue weighted by atomic mass is 16.6. The first kappa shape index (κ1) is 30.5. The van der Waals surface area contributed by atoms with E-state index < -0.39 is 29.3 Å². The topological polar surface area (TPSA) is 87.7 Å². The molecule has 0 aliphatic rings. The van der Waals surface area contributed by atoms with Crippen molar-refractivity contribution in [2.24, 2.45) is 5.92 Å². The minimum absolute atomic E-state index is 0.100. The average molecular weight is 490 g/mol. The number of nitrogens with zero attached hydrogens (tertiary/aromatic N) is 1. The molecule has 0 fully saturated rings. The summed E-state index contributed by atoms with van der Waals surface area (Å²) < 4.78 is 5.44. The first-order valence-corrected chi connectivity index (χ1v) is 12.6. The van der Waals surface area contributed by atoms with Crippen molar-refractivity contribution in [2.75, 3.05) is 0 Å². The number of carbonyl (C=O) groups is 3. The van der Waals surface area contributed by atoms with Gasteiger partial charge < -0.3 is 20.3 Å². The van der Waals surface area contributed by atoms with Crippen LogP contribution in [-0.4, -0.2) is 46.0 Å². The summed E-state index contributed by atoms with van der Waals surface area (Å²) in [5.41, 5.74) is 1.29. The van der Waals surface area contributed by atoms with Crippen molar-refractivity contribution in [3.8, 4) is 0 Å². The van der Waals surface area contributed by atoms with Crippen LogP contribution in [0.25, 0.3) is 0 Å². The Morgan fingerprint density at radius 1 is 0.943 bits per heavy atom. The van der Waals surface area contributed by atoms with Crippen molar-refractivity contribution in [1.29, 1.82) is 0 Å². The SMILES string of the molecule is CCC(C)(C)N(C(=O)C(NC(=O)OC(C)(C)C)C(C)C)C(C(=O)NC(C)C)c1c(C)cccc1C. The van der Waals surface area contributed by atoms with Crippen LogP contribution in [0.15, 0.2) is 18.2 Å². The second kappa shape index (κ2) is 11.9. The van der Waals surface area contributed by atoms with E-state index in [-0.39, 0.29) is 23.8 Å². The molecule has 0 saturated heterocycles. The number of hydrogen-bond acceptors (Lipinski definition) is 4. The van der Waals surface area contributed by atoms with Gasteiger partial charge in [0.1, 0.15) is 17.7 Å². The molecule has 0 heterocycles. The van der Waals surface area contributed by atoms with Crippen LogP contribution in [0.2, 0.25) is 0 Å². The van der Waals surface area contributed by atoms with Gasteiger partial charge in [0, 0.05) is 11.6 Å². The Morgan fingerprint density at radius 3 is 1.86 bits per heavy atom. The molecular formula is C28H47N3O4. The molecule has 2 atom stereocenters. The van der Waals surface area contributed by atoms with Gasteiger partial charge in [0.25, 0.3) is 0 Å². The van der Waals surface area contributed by atoms with Gasteiger partial charge in [-0.2, -0.15) is 0 Å². The maximum Gasteiger partial charge on any atom is 0.408 e. The molecule has 2 unspecified atom stereocenters. The second-order valence-corrected chi connectivity index (χ2v) is 11.6. The van der Waals surface area contributed by atoms with E-state index >= 15 is 0 Å². The number of nitrogens with one attached hydrogen (secondary N) is 2. The van der Waals surface area contributed by atoms with Crippen molar-refractivity contribution >= 4 is 17.9 Å². The van der Waals surface area contributed by atoms with Crippen molar-refractivity contribution in [3.63, 3.8) is 0 Å². The number of rotatable bonds is 9. The molecule has 0 spiro atoms. The maximum absolute atomic E-state index is 14.3. The van der Waals surface area contributed by atoms with Gasteiger partial charge in [0.05, 0.1) is 0 Å². The van der Waals surface area contributed by atoms with E-state index in [1.54, 1.807) is 25.7 Å². The molecule has 7 nitrogen and oxygen atoms in total. The highest BCUT2D eigenvalue weighted by molar-refractivity contribution is 5.93. The fourth-order valence-corrected chi connectivity index (χ4v) is 4.04. The summed E-state index contributed by atoms with van der Waals surface area (Å²) in [5, 5.41) is 5.80. The third-order valence-corrected chi connectivity index (χ3v) is 6.11. The fourth-order valence-electron chi connectivity index (χ4n) is 4.04. The molecule has 1 aromatic rings. The molecule has 198 valence electrons. The average Bonchev–Trinajstić information content (AvgIpc) is 2.68. The van der Waals surface area contributed by atoms with Crippen molar-refractivity contribution in [1.82, 2.24) is 15.5 Å². The van der Waals surface area contributed by atoms with Crippen LogP contribution < -0.4 is 10.6 Å². The highest BCUT2D eigenvalue weighted by Gasteiger charge is 2.44. The zero-order valence-corrected chi connectivity index (χ0v) is 23.8. The fraction of sp³-hybridized carbons (Fsp3) is 0.679. The third kappa shape index (κ3) is 8.25. The van der Waals surface area contributed by atoms with Crippen LogP contribution in [0, 0.1) is 19.8 Å². The molecule has 1 aromatic carbocycles. The molecule has 0 radical (unpaired) electrons. The predicted molar refractivity (Wildman–Crippen MR) is 141 cm³/mol. The first-order valence-electron chi connectivity index (χ1n) is 12.6. The molecule has 0 saturated carbocycles. The molecule has 1 rings (SSSR count). The summed E-state index contributed by atoms with van der Waals surface area (Å²) in [4.78, 5) is 42.4. The van der Waals surface area contributed by atoms with Crippen LogP contribution in [0.1, 0.15) is 98.4 Å². The predicted octanol–water partition coefficient (Wildman–Crippen LogP) is 5.44. The van der Waals surface area contributed by atoms with Gasteiger partial charge in [-0.15, -0.1) is 0 Å². The number of aryl methyl sites for hydroxylation is 2. The Labute approximate surface area is 212 Å². The quantitative estimate of drug-likeness (QED) is 0.484. The minimum Gasteiger partial charge on any atom is -0.444 e. The zero-order chi connectivity index (χ0) is 27.3. The molecule has 2 N–H and O–H groups in total. The van der Waals surface area contributed by atoms with E-state index in [1.165, 1.54) is 0 Å². The molecule has 0 bridgehead atoms. The van der Waals surface area contributed by atoms with Crippen LogP contribution in [0.5, 0.6) is 0 Å². The number of carbonyl (C=O) groups excluding carboxylic acids is 3. The zero-order valence-electron chi connectivity index (χ0n) is 23.8. The Bertz CT molecular complexity index is 880. The summed E-state index contributed by atoms with van der Waals surface area (Å²) in [6.45, 7) is 22.7. The largest absolute Gasteiger partial charge is 0.444 e. The number of benzene rings is 1. The number of hydrogen-bond donors (Lipinski definition) is 2. The Kier molecular flexibility index (Phi) is 10.4. The minimum atomic E-state index is -0.866. The van der Waals surface area contributed by atoms with Gasteiger partial charge >= 0.3 is 6.09 Å². The van der Waals surface area contributed by atoms with Crippen molar-refractivity contribution < 1.29 is 19.1 Å². The second-order valence-electron chi connectivity index (χ2n) is 11.6. The molecule has 35 heavy (non-hydrogen) atoms. The van der Waals surface area contributed by atoms with E-state index in [2.05, 4.69) is 10.6 Å². The Morgan fingerprint density at radius 2 is 1.46 bits per heavy atom. The molecule has 0 aliphatic carbocycles. The monoisotopic (exact) mass is 489 g/mol. The highest BCUT2D eigenvalue weighted by Crippen LogP contribution is 2.35. The Balaban J connectivity index is 3.73. The molecule has 0 aromatic heterocycles. The van der Waals surface area contributed by atoms with E-state index in [0.29, 0.717) is 6.42 Å². The molecule has 0 aliphatic heterocycles. The lowest BCUT2D eigenvalue weighted by molar-refractivity contribution is -0.150. The van der Waals surface area contributed by atoms with Gasteiger partial charge in [-0.25, -0.2) is 4.79 Å². The summed E-state index contributed by atoms with van der Waals surface area (Å²) in [6, 6.07) is 4.04. The van der Waals surface area contributed by atoms with E-state index in [1.807, 2.05) is 80.5 Å². The van der Waals surface area contributed by atoms with E-state index in [9.17, 15) is 14.4 Å². The summed E-state index contributed by atoms with van der Waals surface area (Å²) in [5.74, 6) is -0.784. The van der Waals surface area contributed by atoms with Crippen LogP contribution in [-0.2, 0) is 14.3 Å². The number of ether oxygens (including phenoxy) is 1. The summed E-state index contributed by atoms with van der Waals surface area (Å²) in [7, 11) is 0. The number of amides is 3. The maximum atomic E-state index is 14.3. The van der Waals surface area contributed by atoms with E-state index in [4.69, 9.17) is 4.74 Å². The Hall–Kier alpha value is -2.57. The lowest BCUT2D eigenvalue weighted by Gasteiger charge is -2.46. The van der Waals surface area contributed by atoms with Crippen LogP contribution >= 0.6 is 0 Å². The standard InChI is InChI=1S/C28H47N3O4/c1-13-28(11,12)31(25(33)22(17(2)3)30-26(34)35-27(8,9)10)23(24(32)29-18(4)5)21-19(6)15-14-16-20(21)7/h14-18,22-23H,13H2,1-12H3,(H,29,32)(H,30,34). The first-order chi connectivity index (χ1) is 15.9. The van der Waals surface area contributed by atoms with Crippen molar-refractivity contribution in [2.45, 2.75) is 119 Å². The smallest absolute Gasteiger partial charge is 0.408 e. The van der Waals surface area contributed by atoms with Crippen LogP contribution in [0.3, 0.4) is 0 Å².